The number of anilines is 1. The lowest BCUT2D eigenvalue weighted by atomic mass is 10.1. The maximum absolute atomic E-state index is 5.83. The van der Waals surface area contributed by atoms with Gasteiger partial charge in [-0.15, -0.1) is 0 Å². The van der Waals surface area contributed by atoms with Gasteiger partial charge in [0.1, 0.15) is 11.9 Å². The summed E-state index contributed by atoms with van der Waals surface area (Å²) in [5, 5.41) is 4.24. The molecule has 18 heavy (non-hydrogen) atoms. The molecule has 1 unspecified atom stereocenters. The van der Waals surface area contributed by atoms with Gasteiger partial charge in [-0.2, -0.15) is 11.3 Å². The first-order valence-corrected chi connectivity index (χ1v) is 6.95. The second-order valence-corrected chi connectivity index (χ2v) is 5.11. The number of morpholine rings is 1. The lowest BCUT2D eigenvalue weighted by Crippen LogP contribution is -2.39. The largest absolute Gasteiger partial charge is 0.370 e. The fraction of sp³-hybridized carbons (Fsp3) is 0.385. The van der Waals surface area contributed by atoms with Crippen LogP contribution in [0, 0.1) is 6.92 Å². The van der Waals surface area contributed by atoms with Gasteiger partial charge in [0.2, 0.25) is 0 Å². The van der Waals surface area contributed by atoms with Crippen LogP contribution in [0.2, 0.25) is 0 Å². The van der Waals surface area contributed by atoms with Gasteiger partial charge in [0, 0.05) is 25.5 Å². The molecule has 0 bridgehead atoms. The van der Waals surface area contributed by atoms with Crippen LogP contribution in [0.1, 0.15) is 17.4 Å². The van der Waals surface area contributed by atoms with Gasteiger partial charge in [-0.1, -0.05) is 0 Å². The minimum atomic E-state index is 0.145. The predicted molar refractivity (Wildman–Crippen MR) is 72.0 cm³/mol. The van der Waals surface area contributed by atoms with Crippen LogP contribution >= 0.6 is 11.3 Å². The molecule has 1 fully saturated rings. The molecule has 1 aliphatic rings. The van der Waals surface area contributed by atoms with Crippen LogP contribution in [0.4, 0.5) is 5.82 Å². The van der Waals surface area contributed by atoms with Gasteiger partial charge in [0.25, 0.3) is 0 Å². The van der Waals surface area contributed by atoms with Crippen molar-refractivity contribution < 1.29 is 4.74 Å². The highest BCUT2D eigenvalue weighted by atomic mass is 32.1. The predicted octanol–water partition coefficient (Wildman–Crippen LogP) is 2.42. The minimum Gasteiger partial charge on any atom is -0.370 e. The number of hydrogen-bond acceptors (Lipinski definition) is 5. The van der Waals surface area contributed by atoms with Crippen molar-refractivity contribution in [2.75, 3.05) is 24.6 Å². The quantitative estimate of drug-likeness (QED) is 0.832. The molecule has 2 aromatic rings. The molecule has 94 valence electrons. The maximum Gasteiger partial charge on any atom is 0.150 e. The van der Waals surface area contributed by atoms with Crippen LogP contribution in [0.25, 0.3) is 0 Å². The Morgan fingerprint density at radius 1 is 1.39 bits per heavy atom. The van der Waals surface area contributed by atoms with Gasteiger partial charge in [-0.25, -0.2) is 4.98 Å². The number of aryl methyl sites for hydroxylation is 1. The van der Waals surface area contributed by atoms with Crippen molar-refractivity contribution in [2.24, 2.45) is 0 Å². The van der Waals surface area contributed by atoms with Crippen LogP contribution in [-0.2, 0) is 4.74 Å². The smallest absolute Gasteiger partial charge is 0.150 e. The van der Waals surface area contributed by atoms with Crippen molar-refractivity contribution in [1.82, 2.24) is 9.97 Å². The summed E-state index contributed by atoms with van der Waals surface area (Å²) in [5.41, 5.74) is 2.23. The molecule has 0 radical (unpaired) electrons. The summed E-state index contributed by atoms with van der Waals surface area (Å²) in [7, 11) is 0. The molecule has 0 saturated carbocycles. The lowest BCUT2D eigenvalue weighted by Gasteiger charge is -2.33. The first-order valence-electron chi connectivity index (χ1n) is 6.01. The molecular weight excluding hydrogens is 246 g/mol. The summed E-state index contributed by atoms with van der Waals surface area (Å²) >= 11 is 1.71. The zero-order valence-electron chi connectivity index (χ0n) is 10.2. The van der Waals surface area contributed by atoms with Crippen LogP contribution in [0.15, 0.2) is 29.2 Å². The van der Waals surface area contributed by atoms with Crippen molar-refractivity contribution in [3.05, 3.63) is 40.5 Å². The normalized spacial score (nSPS) is 20.1. The third-order valence-electron chi connectivity index (χ3n) is 3.14. The molecule has 0 spiro atoms. The topological polar surface area (TPSA) is 38.2 Å². The lowest BCUT2D eigenvalue weighted by molar-refractivity contribution is 0.0397. The monoisotopic (exact) mass is 261 g/mol. The first-order chi connectivity index (χ1) is 8.84. The Bertz CT molecular complexity index is 515. The third kappa shape index (κ3) is 2.23. The number of hydrogen-bond donors (Lipinski definition) is 0. The van der Waals surface area contributed by atoms with Crippen LogP contribution in [0.5, 0.6) is 0 Å². The Balaban J connectivity index is 1.81. The molecule has 0 aromatic carbocycles. The molecule has 4 nitrogen and oxygen atoms in total. The summed E-state index contributed by atoms with van der Waals surface area (Å²) in [6.45, 7) is 4.45. The van der Waals surface area contributed by atoms with Crippen molar-refractivity contribution >= 4 is 17.2 Å². The van der Waals surface area contributed by atoms with Gasteiger partial charge < -0.3 is 9.64 Å². The molecule has 0 aliphatic carbocycles. The standard InChI is InChI=1S/C13H15N3OS/c1-10-13(15-4-3-14-10)16-5-6-17-12(8-16)11-2-7-18-9-11/h2-4,7,9,12H,5-6,8H2,1H3. The van der Waals surface area contributed by atoms with E-state index in [2.05, 4.69) is 31.7 Å². The average molecular weight is 261 g/mol. The van der Waals surface area contributed by atoms with Crippen molar-refractivity contribution in [3.8, 4) is 0 Å². The highest BCUT2D eigenvalue weighted by molar-refractivity contribution is 7.07. The van der Waals surface area contributed by atoms with E-state index < -0.39 is 0 Å². The zero-order valence-corrected chi connectivity index (χ0v) is 11.1. The maximum atomic E-state index is 5.83. The highest BCUT2D eigenvalue weighted by Crippen LogP contribution is 2.27. The van der Waals surface area contributed by atoms with E-state index in [0.717, 1.165) is 31.2 Å². The summed E-state index contributed by atoms with van der Waals surface area (Å²) in [6, 6.07) is 2.13. The molecule has 1 saturated heterocycles. The Hall–Kier alpha value is -1.46. The van der Waals surface area contributed by atoms with Gasteiger partial charge in [0.05, 0.1) is 12.3 Å². The number of thiophene rings is 1. The molecule has 0 N–H and O–H groups in total. The van der Waals surface area contributed by atoms with Crippen molar-refractivity contribution in [3.63, 3.8) is 0 Å². The van der Waals surface area contributed by atoms with E-state index in [4.69, 9.17) is 4.74 Å². The Labute approximate surface area is 110 Å². The second-order valence-electron chi connectivity index (χ2n) is 4.33. The second kappa shape index (κ2) is 5.04. The Morgan fingerprint density at radius 2 is 2.28 bits per heavy atom. The zero-order chi connectivity index (χ0) is 12.4. The van der Waals surface area contributed by atoms with E-state index in [0.29, 0.717) is 0 Å². The summed E-state index contributed by atoms with van der Waals surface area (Å²) < 4.78 is 5.83. The van der Waals surface area contributed by atoms with E-state index in [1.54, 1.807) is 23.7 Å². The van der Waals surface area contributed by atoms with Gasteiger partial charge >= 0.3 is 0 Å². The molecule has 2 aromatic heterocycles. The van der Waals surface area contributed by atoms with E-state index in [9.17, 15) is 0 Å². The van der Waals surface area contributed by atoms with Crippen molar-refractivity contribution in [1.29, 1.82) is 0 Å². The van der Waals surface area contributed by atoms with E-state index >= 15 is 0 Å². The van der Waals surface area contributed by atoms with Gasteiger partial charge in [-0.05, 0) is 29.3 Å². The summed E-state index contributed by atoms with van der Waals surface area (Å²) in [4.78, 5) is 11.0. The van der Waals surface area contributed by atoms with E-state index in [1.807, 2.05) is 6.92 Å². The molecular formula is C13H15N3OS. The minimum absolute atomic E-state index is 0.145. The third-order valence-corrected chi connectivity index (χ3v) is 3.84. The molecule has 3 rings (SSSR count). The first kappa shape index (κ1) is 11.6. The highest BCUT2D eigenvalue weighted by Gasteiger charge is 2.24. The number of nitrogens with zero attached hydrogens (tertiary/aromatic N) is 3. The Morgan fingerprint density at radius 3 is 3.06 bits per heavy atom. The number of rotatable bonds is 2. The molecule has 1 aliphatic heterocycles. The van der Waals surface area contributed by atoms with Crippen LogP contribution in [0.3, 0.4) is 0 Å². The SMILES string of the molecule is Cc1nccnc1N1CCOC(c2ccsc2)C1. The Kier molecular flexibility index (Phi) is 3.25. The average Bonchev–Trinajstić information content (AvgIpc) is 2.93. The molecule has 1 atom stereocenters. The van der Waals surface area contributed by atoms with Gasteiger partial charge in [-0.3, -0.25) is 4.98 Å². The van der Waals surface area contributed by atoms with Crippen molar-refractivity contribution in [2.45, 2.75) is 13.0 Å². The number of aromatic nitrogens is 2. The van der Waals surface area contributed by atoms with E-state index in [-0.39, 0.29) is 6.10 Å². The fourth-order valence-corrected chi connectivity index (χ4v) is 2.91. The fourth-order valence-electron chi connectivity index (χ4n) is 2.21. The van der Waals surface area contributed by atoms with Gasteiger partial charge in [0.15, 0.2) is 0 Å². The van der Waals surface area contributed by atoms with Crippen LogP contribution < -0.4 is 4.90 Å². The molecule has 0 amide bonds. The van der Waals surface area contributed by atoms with Crippen LogP contribution in [-0.4, -0.2) is 29.7 Å². The number of ether oxygens (including phenoxy) is 1. The molecule has 3 heterocycles. The summed E-state index contributed by atoms with van der Waals surface area (Å²) in [5.74, 6) is 0.973. The van der Waals surface area contributed by atoms with E-state index in [1.165, 1.54) is 5.56 Å². The summed E-state index contributed by atoms with van der Waals surface area (Å²) in [6.07, 6.45) is 3.62. The molecule has 5 heteroatoms.